The third kappa shape index (κ3) is 4.64. The number of benzene rings is 3. The van der Waals surface area contributed by atoms with E-state index in [2.05, 4.69) is 0 Å². The normalized spacial score (nSPS) is 17.0. The molecule has 1 heterocycles. The van der Waals surface area contributed by atoms with Crippen LogP contribution in [0.3, 0.4) is 0 Å². The standard InChI is InChI=1S/C29H29NO5/c1-5-14-35-24-11-6-8-20(16-24)26-25(27(31)21-13-12-18(2)19(3)15-21)28(32)29(33)30(26)22-9-7-10-23(17-22)34-4/h6-13,15-17,26,31H,5,14H2,1-4H3/b27-25+. The molecule has 1 saturated heterocycles. The molecule has 1 aliphatic rings. The van der Waals surface area contributed by atoms with Gasteiger partial charge in [-0.25, -0.2) is 0 Å². The van der Waals surface area contributed by atoms with E-state index in [0.717, 1.165) is 17.5 Å². The predicted molar refractivity (Wildman–Crippen MR) is 136 cm³/mol. The van der Waals surface area contributed by atoms with Crippen molar-refractivity contribution in [2.24, 2.45) is 0 Å². The summed E-state index contributed by atoms with van der Waals surface area (Å²) in [6.45, 7) is 6.48. The first kappa shape index (κ1) is 24.1. The Morgan fingerprint density at radius 1 is 0.943 bits per heavy atom. The number of amides is 1. The van der Waals surface area contributed by atoms with Crippen LogP contribution in [-0.4, -0.2) is 30.5 Å². The third-order valence-electron chi connectivity index (χ3n) is 6.20. The van der Waals surface area contributed by atoms with Gasteiger partial charge in [-0.3, -0.25) is 14.5 Å². The number of aliphatic hydroxyl groups excluding tert-OH is 1. The lowest BCUT2D eigenvalue weighted by molar-refractivity contribution is -0.132. The molecule has 1 N–H and O–H groups in total. The number of ether oxygens (including phenoxy) is 2. The maximum Gasteiger partial charge on any atom is 0.300 e. The minimum atomic E-state index is -0.839. The number of hydrogen-bond acceptors (Lipinski definition) is 5. The number of anilines is 1. The number of methoxy groups -OCH3 is 1. The quantitative estimate of drug-likeness (QED) is 0.271. The number of carbonyl (C=O) groups is 2. The average Bonchev–Trinajstić information content (AvgIpc) is 3.14. The summed E-state index contributed by atoms with van der Waals surface area (Å²) in [4.78, 5) is 28.2. The van der Waals surface area contributed by atoms with Crippen LogP contribution in [0.5, 0.6) is 11.5 Å². The molecule has 1 amide bonds. The number of rotatable bonds is 7. The summed E-state index contributed by atoms with van der Waals surface area (Å²) in [6.07, 6.45) is 0.847. The van der Waals surface area contributed by atoms with Crippen molar-refractivity contribution >= 4 is 23.1 Å². The van der Waals surface area contributed by atoms with Crippen LogP contribution in [0.25, 0.3) is 5.76 Å². The Bertz CT molecular complexity index is 1310. The first-order valence-electron chi connectivity index (χ1n) is 11.6. The third-order valence-corrected chi connectivity index (χ3v) is 6.20. The van der Waals surface area contributed by atoms with E-state index >= 15 is 0 Å². The average molecular weight is 472 g/mol. The zero-order chi connectivity index (χ0) is 25.1. The Hall–Kier alpha value is -4.06. The van der Waals surface area contributed by atoms with Crippen LogP contribution in [0.1, 0.15) is 41.6 Å². The molecule has 1 atom stereocenters. The highest BCUT2D eigenvalue weighted by Crippen LogP contribution is 2.43. The summed E-state index contributed by atoms with van der Waals surface area (Å²) in [5.41, 5.74) is 3.72. The Morgan fingerprint density at radius 3 is 2.40 bits per heavy atom. The van der Waals surface area contributed by atoms with Gasteiger partial charge in [-0.05, 0) is 67.3 Å². The van der Waals surface area contributed by atoms with E-state index in [0.29, 0.717) is 34.9 Å². The van der Waals surface area contributed by atoms with E-state index in [1.807, 2.05) is 57.2 Å². The van der Waals surface area contributed by atoms with Gasteiger partial charge in [-0.15, -0.1) is 0 Å². The zero-order valence-corrected chi connectivity index (χ0v) is 20.4. The molecule has 1 aliphatic heterocycles. The summed E-state index contributed by atoms with van der Waals surface area (Å²) in [5.74, 6) is -0.479. The molecule has 4 rings (SSSR count). The smallest absolute Gasteiger partial charge is 0.300 e. The fourth-order valence-electron chi connectivity index (χ4n) is 4.21. The number of hydrogen-bond donors (Lipinski definition) is 1. The SMILES string of the molecule is CCCOc1cccc(C2/C(=C(\O)c3ccc(C)c(C)c3)C(=O)C(=O)N2c2cccc(OC)c2)c1. The minimum Gasteiger partial charge on any atom is -0.507 e. The number of aliphatic hydroxyl groups is 1. The molecule has 0 bridgehead atoms. The Balaban J connectivity index is 1.93. The van der Waals surface area contributed by atoms with E-state index in [-0.39, 0.29) is 11.3 Å². The van der Waals surface area contributed by atoms with Crippen molar-refractivity contribution in [1.82, 2.24) is 0 Å². The van der Waals surface area contributed by atoms with Crippen molar-refractivity contribution in [2.75, 3.05) is 18.6 Å². The van der Waals surface area contributed by atoms with Gasteiger partial charge in [0.05, 0.1) is 25.3 Å². The summed E-state index contributed by atoms with van der Waals surface area (Å²) >= 11 is 0. The van der Waals surface area contributed by atoms with Gasteiger partial charge < -0.3 is 14.6 Å². The van der Waals surface area contributed by atoms with E-state index in [1.165, 1.54) is 4.90 Å². The second-order valence-electron chi connectivity index (χ2n) is 8.59. The van der Waals surface area contributed by atoms with Gasteiger partial charge in [-0.2, -0.15) is 0 Å². The van der Waals surface area contributed by atoms with Crippen LogP contribution in [0.2, 0.25) is 0 Å². The van der Waals surface area contributed by atoms with Crippen LogP contribution in [0.15, 0.2) is 72.3 Å². The number of ketones is 1. The fourth-order valence-corrected chi connectivity index (χ4v) is 4.21. The van der Waals surface area contributed by atoms with Crippen molar-refractivity contribution < 1.29 is 24.2 Å². The number of carbonyl (C=O) groups excluding carboxylic acids is 2. The maximum atomic E-state index is 13.4. The molecule has 3 aromatic carbocycles. The number of aryl methyl sites for hydroxylation is 2. The number of Topliss-reactive ketones (excluding diaryl/α,β-unsaturated/α-hetero) is 1. The largest absolute Gasteiger partial charge is 0.507 e. The second kappa shape index (κ2) is 10.1. The predicted octanol–water partition coefficient (Wildman–Crippen LogP) is 5.73. The second-order valence-corrected chi connectivity index (χ2v) is 8.59. The molecular weight excluding hydrogens is 442 g/mol. The molecule has 0 spiro atoms. The van der Waals surface area contributed by atoms with E-state index in [1.54, 1.807) is 37.4 Å². The van der Waals surface area contributed by atoms with Gasteiger partial charge >= 0.3 is 0 Å². The lowest BCUT2D eigenvalue weighted by atomic mass is 9.94. The number of nitrogens with zero attached hydrogens (tertiary/aromatic N) is 1. The van der Waals surface area contributed by atoms with Crippen molar-refractivity contribution in [1.29, 1.82) is 0 Å². The first-order valence-corrected chi connectivity index (χ1v) is 11.6. The van der Waals surface area contributed by atoms with E-state index < -0.39 is 17.7 Å². The van der Waals surface area contributed by atoms with Crippen LogP contribution in [0.4, 0.5) is 5.69 Å². The first-order chi connectivity index (χ1) is 16.8. The minimum absolute atomic E-state index is 0.0358. The van der Waals surface area contributed by atoms with E-state index in [9.17, 15) is 14.7 Å². The van der Waals surface area contributed by atoms with Crippen molar-refractivity contribution in [3.05, 3.63) is 94.6 Å². The monoisotopic (exact) mass is 471 g/mol. The van der Waals surface area contributed by atoms with Gasteiger partial charge in [0.2, 0.25) is 0 Å². The lowest BCUT2D eigenvalue weighted by Crippen LogP contribution is -2.29. The molecule has 35 heavy (non-hydrogen) atoms. The molecule has 0 radical (unpaired) electrons. The van der Waals surface area contributed by atoms with Gasteiger partial charge in [-0.1, -0.05) is 37.3 Å². The molecule has 0 saturated carbocycles. The highest BCUT2D eigenvalue weighted by atomic mass is 16.5. The van der Waals surface area contributed by atoms with Crippen LogP contribution >= 0.6 is 0 Å². The Labute approximate surface area is 205 Å². The lowest BCUT2D eigenvalue weighted by Gasteiger charge is -2.26. The summed E-state index contributed by atoms with van der Waals surface area (Å²) < 4.78 is 11.2. The van der Waals surface area contributed by atoms with Gasteiger partial charge in [0.25, 0.3) is 11.7 Å². The molecule has 3 aromatic rings. The molecule has 6 nitrogen and oxygen atoms in total. The van der Waals surface area contributed by atoms with Crippen LogP contribution in [-0.2, 0) is 9.59 Å². The zero-order valence-electron chi connectivity index (χ0n) is 20.4. The molecule has 1 unspecified atom stereocenters. The van der Waals surface area contributed by atoms with Crippen LogP contribution < -0.4 is 14.4 Å². The Kier molecular flexibility index (Phi) is 6.92. The van der Waals surface area contributed by atoms with Gasteiger partial charge in [0.1, 0.15) is 17.3 Å². The van der Waals surface area contributed by atoms with Crippen molar-refractivity contribution in [3.8, 4) is 11.5 Å². The molecule has 0 aromatic heterocycles. The molecule has 1 fully saturated rings. The fraction of sp³-hybridized carbons (Fsp3) is 0.241. The Morgan fingerprint density at radius 2 is 1.69 bits per heavy atom. The highest BCUT2D eigenvalue weighted by molar-refractivity contribution is 6.51. The van der Waals surface area contributed by atoms with Crippen LogP contribution in [0, 0.1) is 13.8 Å². The summed E-state index contributed by atoms with van der Waals surface area (Å²) in [6, 6.07) is 18.9. The molecule has 180 valence electrons. The van der Waals surface area contributed by atoms with E-state index in [4.69, 9.17) is 9.47 Å². The maximum absolute atomic E-state index is 13.4. The molecule has 6 heteroatoms. The van der Waals surface area contributed by atoms with Crippen molar-refractivity contribution in [2.45, 2.75) is 33.2 Å². The molecular formula is C29H29NO5. The van der Waals surface area contributed by atoms with Crippen molar-refractivity contribution in [3.63, 3.8) is 0 Å². The summed E-state index contributed by atoms with van der Waals surface area (Å²) in [5, 5.41) is 11.4. The highest BCUT2D eigenvalue weighted by Gasteiger charge is 2.47. The van der Waals surface area contributed by atoms with Gasteiger partial charge in [0.15, 0.2) is 0 Å². The molecule has 0 aliphatic carbocycles. The van der Waals surface area contributed by atoms with Gasteiger partial charge in [0, 0.05) is 17.3 Å². The summed E-state index contributed by atoms with van der Waals surface area (Å²) in [7, 11) is 1.54. The topological polar surface area (TPSA) is 76.1 Å².